The van der Waals surface area contributed by atoms with Crippen LogP contribution in [0, 0.1) is 6.08 Å². The quantitative estimate of drug-likeness (QED) is 0.430. The van der Waals surface area contributed by atoms with E-state index in [1.165, 1.54) is 17.6 Å². The molecule has 0 spiro atoms. The molecule has 0 atom stereocenters. The molecule has 0 aromatic carbocycles. The Morgan fingerprint density at radius 1 is 1.31 bits per heavy atom. The van der Waals surface area contributed by atoms with Gasteiger partial charge in [0, 0.05) is 0 Å². The molecule has 73 valence electrons. The van der Waals surface area contributed by atoms with E-state index in [0.29, 0.717) is 0 Å². The Morgan fingerprint density at radius 2 is 2.00 bits per heavy atom. The fourth-order valence-corrected chi connectivity index (χ4v) is 1.04. The van der Waals surface area contributed by atoms with E-state index in [1.807, 2.05) is 0 Å². The van der Waals surface area contributed by atoms with Gasteiger partial charge in [-0.3, -0.25) is 0 Å². The van der Waals surface area contributed by atoms with Gasteiger partial charge in [-0.15, -0.1) is 0 Å². The van der Waals surface area contributed by atoms with Crippen molar-refractivity contribution in [3.05, 3.63) is 35.5 Å². The number of rotatable bonds is 5. The highest BCUT2D eigenvalue weighted by molar-refractivity contribution is 5.12. The van der Waals surface area contributed by atoms with E-state index in [1.54, 1.807) is 0 Å². The Balaban J connectivity index is 4.22. The lowest BCUT2D eigenvalue weighted by Crippen LogP contribution is -1.81. The lowest BCUT2D eigenvalue weighted by Gasteiger charge is -1.99. The van der Waals surface area contributed by atoms with Gasteiger partial charge in [0.2, 0.25) is 0 Å². The molecule has 0 aliphatic heterocycles. The average Bonchev–Trinajstić information content (AvgIpc) is 2.09. The zero-order valence-corrected chi connectivity index (χ0v) is 9.35. The molecule has 0 N–H and O–H groups in total. The molecular weight excluding hydrogens is 156 g/mol. The van der Waals surface area contributed by atoms with Crippen LogP contribution < -0.4 is 0 Å². The highest BCUT2D eigenvalue weighted by Crippen LogP contribution is 2.10. The van der Waals surface area contributed by atoms with Gasteiger partial charge in [0.25, 0.3) is 0 Å². The minimum absolute atomic E-state index is 1.05. The maximum Gasteiger partial charge on any atom is -0.0130 e. The molecule has 0 aromatic rings. The molecule has 0 heteroatoms. The molecule has 0 aliphatic rings. The predicted molar refractivity (Wildman–Crippen MR) is 60.5 cm³/mol. The Bertz CT molecular complexity index is 200. The van der Waals surface area contributed by atoms with E-state index in [-0.39, 0.29) is 0 Å². The first-order valence-electron chi connectivity index (χ1n) is 5.06. The van der Waals surface area contributed by atoms with Gasteiger partial charge in [0.15, 0.2) is 0 Å². The van der Waals surface area contributed by atoms with Crippen molar-refractivity contribution in [1.82, 2.24) is 0 Å². The van der Waals surface area contributed by atoms with Crippen molar-refractivity contribution >= 4 is 0 Å². The second-order valence-corrected chi connectivity index (χ2v) is 3.49. The Labute approximate surface area is 83.0 Å². The molecule has 0 rings (SSSR count). The van der Waals surface area contributed by atoms with Crippen molar-refractivity contribution in [3.8, 4) is 0 Å². The average molecular weight is 177 g/mol. The summed E-state index contributed by atoms with van der Waals surface area (Å²) < 4.78 is 0. The molecule has 0 heterocycles. The molecular formula is C13H21. The zero-order chi connectivity index (χ0) is 10.1. The number of hydrogen-bond donors (Lipinski definition) is 0. The summed E-state index contributed by atoms with van der Waals surface area (Å²) in [7, 11) is 0. The minimum atomic E-state index is 1.05. The summed E-state index contributed by atoms with van der Waals surface area (Å²) >= 11 is 0. The largest absolute Gasteiger partial charge is 0.0913 e. The maximum atomic E-state index is 3.36. The van der Waals surface area contributed by atoms with E-state index in [2.05, 4.69) is 52.0 Å². The second kappa shape index (κ2) is 7.85. The summed E-state index contributed by atoms with van der Waals surface area (Å²) in [5, 5.41) is 0. The van der Waals surface area contributed by atoms with E-state index in [4.69, 9.17) is 0 Å². The lowest BCUT2D eigenvalue weighted by molar-refractivity contribution is 0.875. The number of allylic oxidation sites excluding steroid dienone is 6. The fraction of sp³-hybridized carbons (Fsp3) is 0.538. The molecule has 0 nitrogen and oxygen atoms in total. The normalized spacial score (nSPS) is 12.2. The molecule has 1 radical (unpaired) electrons. The van der Waals surface area contributed by atoms with Gasteiger partial charge in [-0.2, -0.15) is 0 Å². The molecule has 13 heavy (non-hydrogen) atoms. The Hall–Kier alpha value is -0.780. The molecule has 0 amide bonds. The summed E-state index contributed by atoms with van der Waals surface area (Å²) in [5.74, 6) is 0. The van der Waals surface area contributed by atoms with Gasteiger partial charge >= 0.3 is 0 Å². The van der Waals surface area contributed by atoms with Crippen LogP contribution in [0.2, 0.25) is 0 Å². The van der Waals surface area contributed by atoms with Gasteiger partial charge in [-0.25, -0.2) is 0 Å². The molecule has 0 fully saturated rings. The van der Waals surface area contributed by atoms with Gasteiger partial charge in [-0.05, 0) is 39.7 Å². The summed E-state index contributed by atoms with van der Waals surface area (Å²) in [5.41, 5.74) is 2.72. The first-order valence-corrected chi connectivity index (χ1v) is 5.06. The van der Waals surface area contributed by atoms with Crippen LogP contribution in [0.1, 0.15) is 47.0 Å². The van der Waals surface area contributed by atoms with E-state index >= 15 is 0 Å². The van der Waals surface area contributed by atoms with Crippen molar-refractivity contribution in [2.24, 2.45) is 0 Å². The van der Waals surface area contributed by atoms with Crippen molar-refractivity contribution < 1.29 is 0 Å². The van der Waals surface area contributed by atoms with Gasteiger partial charge in [-0.1, -0.05) is 42.7 Å². The van der Waals surface area contributed by atoms with Gasteiger partial charge in [0.05, 0.1) is 0 Å². The molecule has 0 saturated heterocycles. The smallest absolute Gasteiger partial charge is 0.0130 e. The molecule has 0 saturated carbocycles. The predicted octanol–water partition coefficient (Wildman–Crippen LogP) is 4.45. The first-order chi connectivity index (χ1) is 6.20. The molecule has 0 aromatic heterocycles. The van der Waals surface area contributed by atoms with E-state index in [0.717, 1.165) is 12.8 Å². The minimum Gasteiger partial charge on any atom is -0.0913 e. The lowest BCUT2D eigenvalue weighted by atomic mass is 10.1. The molecule has 0 aliphatic carbocycles. The Morgan fingerprint density at radius 3 is 2.46 bits per heavy atom. The fourth-order valence-electron chi connectivity index (χ4n) is 1.04. The standard InChI is InChI=1S/C13H21/c1-5-7-9-13(8-6-2)11-10-12(3)4/h5,7,10H,6,8-9H2,1-4H3. The topological polar surface area (TPSA) is 0 Å². The number of hydrogen-bond acceptors (Lipinski definition) is 0. The van der Waals surface area contributed by atoms with Crippen LogP contribution >= 0.6 is 0 Å². The van der Waals surface area contributed by atoms with Gasteiger partial charge in [0.1, 0.15) is 0 Å². The van der Waals surface area contributed by atoms with Crippen LogP contribution in [0.3, 0.4) is 0 Å². The molecule has 0 bridgehead atoms. The highest BCUT2D eigenvalue weighted by atomic mass is 14.0. The van der Waals surface area contributed by atoms with Crippen LogP contribution in [-0.4, -0.2) is 0 Å². The first kappa shape index (κ1) is 12.2. The van der Waals surface area contributed by atoms with Crippen LogP contribution in [0.4, 0.5) is 0 Å². The summed E-state index contributed by atoms with van der Waals surface area (Å²) in [6.45, 7) is 8.47. The third kappa shape index (κ3) is 7.58. The van der Waals surface area contributed by atoms with Crippen molar-refractivity contribution in [1.29, 1.82) is 0 Å². The zero-order valence-electron chi connectivity index (χ0n) is 9.35. The third-order valence-corrected chi connectivity index (χ3v) is 1.72. The van der Waals surface area contributed by atoms with E-state index in [9.17, 15) is 0 Å². The maximum absolute atomic E-state index is 3.36. The summed E-state index contributed by atoms with van der Waals surface area (Å²) in [6.07, 6.45) is 13.1. The van der Waals surface area contributed by atoms with Crippen LogP contribution in [0.15, 0.2) is 29.4 Å². The molecule has 0 unspecified atom stereocenters. The highest BCUT2D eigenvalue weighted by Gasteiger charge is 1.91. The van der Waals surface area contributed by atoms with Crippen LogP contribution in [0.25, 0.3) is 0 Å². The van der Waals surface area contributed by atoms with Gasteiger partial charge < -0.3 is 0 Å². The van der Waals surface area contributed by atoms with Crippen molar-refractivity contribution in [2.45, 2.75) is 47.0 Å². The van der Waals surface area contributed by atoms with Crippen molar-refractivity contribution in [3.63, 3.8) is 0 Å². The summed E-state index contributed by atoms with van der Waals surface area (Å²) in [6, 6.07) is 0. The Kier molecular flexibility index (Phi) is 7.38. The monoisotopic (exact) mass is 177 g/mol. The summed E-state index contributed by atoms with van der Waals surface area (Å²) in [4.78, 5) is 0. The third-order valence-electron chi connectivity index (χ3n) is 1.72. The van der Waals surface area contributed by atoms with Crippen LogP contribution in [0.5, 0.6) is 0 Å². The van der Waals surface area contributed by atoms with Crippen LogP contribution in [-0.2, 0) is 0 Å². The van der Waals surface area contributed by atoms with E-state index < -0.39 is 0 Å². The second-order valence-electron chi connectivity index (χ2n) is 3.49. The van der Waals surface area contributed by atoms with Crippen molar-refractivity contribution in [2.75, 3.05) is 0 Å². The SMILES string of the molecule is CC=CC/C(=[C]/C=C(C)C)CCC.